The molecule has 7 heteroatoms. The van der Waals surface area contributed by atoms with Crippen LogP contribution in [0.1, 0.15) is 15.2 Å². The van der Waals surface area contributed by atoms with Crippen LogP contribution in [-0.4, -0.2) is 19.3 Å². The molecule has 158 valence electrons. The largest absolute Gasteiger partial charge is 0.347 e. The maximum Gasteiger partial charge on any atom is 0.261 e. The van der Waals surface area contributed by atoms with Crippen molar-refractivity contribution in [1.82, 2.24) is 10.3 Å². The Labute approximate surface area is 189 Å². The molecular weight excluding hydrogens is 440 g/mol. The number of hydrogen-bond donors (Lipinski definition) is 1. The van der Waals surface area contributed by atoms with E-state index < -0.39 is 9.84 Å². The van der Waals surface area contributed by atoms with E-state index in [-0.39, 0.29) is 15.7 Å². The number of pyridine rings is 1. The maximum atomic E-state index is 13.2. The normalized spacial score (nSPS) is 11.6. The summed E-state index contributed by atoms with van der Waals surface area (Å²) in [6, 6.07) is 23.1. The van der Waals surface area contributed by atoms with Crippen LogP contribution in [0.15, 0.2) is 101 Å². The molecule has 1 N–H and O–H groups in total. The SMILES string of the molecule is O=C(NCc1ccc(S(=O)(=O)c2cccc3ccccc23)cc1)c1cc2ccncc2s1. The first-order valence-electron chi connectivity index (χ1n) is 9.96. The number of amides is 1. The number of aromatic nitrogens is 1. The molecular formula is C25H18N2O3S2. The van der Waals surface area contributed by atoms with Gasteiger partial charge in [0.05, 0.1) is 19.4 Å². The Balaban J connectivity index is 1.34. The fourth-order valence-electron chi connectivity index (χ4n) is 3.61. The van der Waals surface area contributed by atoms with Gasteiger partial charge in [0.25, 0.3) is 5.91 Å². The summed E-state index contributed by atoms with van der Waals surface area (Å²) in [6.07, 6.45) is 3.44. The molecule has 0 saturated heterocycles. The Hall–Kier alpha value is -3.55. The summed E-state index contributed by atoms with van der Waals surface area (Å²) >= 11 is 1.39. The van der Waals surface area contributed by atoms with Gasteiger partial charge in [0, 0.05) is 24.3 Å². The zero-order valence-corrected chi connectivity index (χ0v) is 18.5. The van der Waals surface area contributed by atoms with E-state index in [1.165, 1.54) is 11.3 Å². The highest BCUT2D eigenvalue weighted by Gasteiger charge is 2.20. The molecule has 5 aromatic rings. The molecule has 0 aliphatic heterocycles. The Bertz CT molecular complexity index is 1520. The lowest BCUT2D eigenvalue weighted by atomic mass is 10.1. The van der Waals surface area contributed by atoms with Gasteiger partial charge in [-0.05, 0) is 46.7 Å². The van der Waals surface area contributed by atoms with Crippen molar-refractivity contribution in [2.45, 2.75) is 16.3 Å². The van der Waals surface area contributed by atoms with Crippen molar-refractivity contribution in [3.63, 3.8) is 0 Å². The van der Waals surface area contributed by atoms with Crippen molar-refractivity contribution in [2.75, 3.05) is 0 Å². The van der Waals surface area contributed by atoms with Crippen molar-refractivity contribution < 1.29 is 13.2 Å². The van der Waals surface area contributed by atoms with Crippen LogP contribution in [0.4, 0.5) is 0 Å². The van der Waals surface area contributed by atoms with Gasteiger partial charge in [-0.2, -0.15) is 0 Å². The molecule has 0 spiro atoms. The number of hydrogen-bond acceptors (Lipinski definition) is 5. The lowest BCUT2D eigenvalue weighted by Gasteiger charge is -2.09. The summed E-state index contributed by atoms with van der Waals surface area (Å²) in [5.74, 6) is -0.168. The molecule has 2 aromatic heterocycles. The number of carbonyl (C=O) groups excluding carboxylic acids is 1. The number of carbonyl (C=O) groups is 1. The molecule has 5 nitrogen and oxygen atoms in total. The second-order valence-corrected chi connectivity index (χ2v) is 10.3. The number of nitrogens with zero attached hydrogens (tertiary/aromatic N) is 1. The third-order valence-corrected chi connectivity index (χ3v) is 8.18. The minimum atomic E-state index is -3.66. The van der Waals surface area contributed by atoms with Crippen LogP contribution in [0.3, 0.4) is 0 Å². The summed E-state index contributed by atoms with van der Waals surface area (Å²) in [6.45, 7) is 0.305. The van der Waals surface area contributed by atoms with Crippen molar-refractivity contribution in [1.29, 1.82) is 0 Å². The van der Waals surface area contributed by atoms with Crippen molar-refractivity contribution in [3.05, 3.63) is 102 Å². The predicted octanol–water partition coefficient (Wildman–Crippen LogP) is 5.21. The number of thiophene rings is 1. The minimum Gasteiger partial charge on any atom is -0.347 e. The smallest absolute Gasteiger partial charge is 0.261 e. The van der Waals surface area contributed by atoms with E-state index in [0.717, 1.165) is 21.0 Å². The molecule has 5 rings (SSSR count). The average Bonchev–Trinajstić information content (AvgIpc) is 3.27. The lowest BCUT2D eigenvalue weighted by Crippen LogP contribution is -2.21. The molecule has 0 saturated carbocycles. The molecule has 0 unspecified atom stereocenters. The molecule has 2 heterocycles. The van der Waals surface area contributed by atoms with Gasteiger partial charge in [-0.25, -0.2) is 8.42 Å². The Morgan fingerprint density at radius 1 is 0.906 bits per heavy atom. The number of fused-ring (bicyclic) bond motifs is 2. The standard InChI is InChI=1S/C25H18N2O3S2/c28-25(22-14-19-12-13-26-16-23(19)31-22)27-15-17-8-10-20(11-9-17)32(29,30)24-7-3-5-18-4-1-2-6-21(18)24/h1-14,16H,15H2,(H,27,28). The minimum absolute atomic E-state index is 0.168. The number of rotatable bonds is 5. The van der Waals surface area contributed by atoms with E-state index in [4.69, 9.17) is 0 Å². The van der Waals surface area contributed by atoms with Gasteiger partial charge in [-0.15, -0.1) is 11.3 Å². The predicted molar refractivity (Wildman–Crippen MR) is 127 cm³/mol. The summed E-state index contributed by atoms with van der Waals surface area (Å²) < 4.78 is 27.4. The Kier molecular flexibility index (Phi) is 5.20. The van der Waals surface area contributed by atoms with Gasteiger partial charge in [-0.3, -0.25) is 9.78 Å². The molecule has 0 fully saturated rings. The van der Waals surface area contributed by atoms with E-state index in [9.17, 15) is 13.2 Å². The number of benzene rings is 3. The highest BCUT2D eigenvalue weighted by molar-refractivity contribution is 7.91. The zero-order valence-electron chi connectivity index (χ0n) is 16.9. The summed E-state index contributed by atoms with van der Waals surface area (Å²) in [7, 11) is -3.66. The van der Waals surface area contributed by atoms with Gasteiger partial charge < -0.3 is 5.32 Å². The zero-order chi connectivity index (χ0) is 22.1. The number of nitrogens with one attached hydrogen (secondary N) is 1. The van der Waals surface area contributed by atoms with E-state index in [1.807, 2.05) is 42.5 Å². The van der Waals surface area contributed by atoms with Crippen LogP contribution < -0.4 is 5.32 Å². The molecule has 1 amide bonds. The molecule has 32 heavy (non-hydrogen) atoms. The quantitative estimate of drug-likeness (QED) is 0.392. The van der Waals surface area contributed by atoms with Crippen LogP contribution in [0.25, 0.3) is 20.9 Å². The van der Waals surface area contributed by atoms with Gasteiger partial charge in [0.15, 0.2) is 0 Å². The fraction of sp³-hybridized carbons (Fsp3) is 0.0400. The van der Waals surface area contributed by atoms with E-state index in [0.29, 0.717) is 16.8 Å². The average molecular weight is 459 g/mol. The maximum absolute atomic E-state index is 13.2. The summed E-state index contributed by atoms with van der Waals surface area (Å²) in [5, 5.41) is 5.45. The number of sulfone groups is 1. The first-order chi connectivity index (χ1) is 15.5. The highest BCUT2D eigenvalue weighted by Crippen LogP contribution is 2.28. The van der Waals surface area contributed by atoms with Gasteiger partial charge in [-0.1, -0.05) is 48.5 Å². The molecule has 0 bridgehead atoms. The van der Waals surface area contributed by atoms with E-state index in [1.54, 1.807) is 48.8 Å². The second kappa shape index (κ2) is 8.18. The molecule has 0 radical (unpaired) electrons. The topological polar surface area (TPSA) is 76.1 Å². The first kappa shape index (κ1) is 20.4. The van der Waals surface area contributed by atoms with E-state index >= 15 is 0 Å². The molecule has 0 aliphatic carbocycles. The van der Waals surface area contributed by atoms with E-state index in [2.05, 4.69) is 10.3 Å². The van der Waals surface area contributed by atoms with Gasteiger partial charge in [0.2, 0.25) is 9.84 Å². The summed E-state index contributed by atoms with van der Waals surface area (Å²) in [5.41, 5.74) is 0.818. The van der Waals surface area contributed by atoms with Gasteiger partial charge >= 0.3 is 0 Å². The Morgan fingerprint density at radius 3 is 2.50 bits per heavy atom. The third-order valence-electron chi connectivity index (χ3n) is 5.27. The van der Waals surface area contributed by atoms with Crippen LogP contribution >= 0.6 is 11.3 Å². The highest BCUT2D eigenvalue weighted by atomic mass is 32.2. The monoisotopic (exact) mass is 458 g/mol. The Morgan fingerprint density at radius 2 is 1.69 bits per heavy atom. The van der Waals surface area contributed by atoms with Crippen LogP contribution in [0.2, 0.25) is 0 Å². The summed E-state index contributed by atoms with van der Waals surface area (Å²) in [4.78, 5) is 17.7. The van der Waals surface area contributed by atoms with Crippen molar-refractivity contribution in [3.8, 4) is 0 Å². The van der Waals surface area contributed by atoms with Crippen LogP contribution in [0.5, 0.6) is 0 Å². The molecule has 3 aromatic carbocycles. The second-order valence-electron chi connectivity index (χ2n) is 7.33. The van der Waals surface area contributed by atoms with Gasteiger partial charge in [0.1, 0.15) is 0 Å². The first-order valence-corrected chi connectivity index (χ1v) is 12.3. The van der Waals surface area contributed by atoms with Crippen molar-refractivity contribution in [2.24, 2.45) is 0 Å². The molecule has 0 aliphatic rings. The lowest BCUT2D eigenvalue weighted by molar-refractivity contribution is 0.0955. The van der Waals surface area contributed by atoms with Crippen molar-refractivity contribution >= 4 is 47.9 Å². The third kappa shape index (κ3) is 3.77. The van der Waals surface area contributed by atoms with Crippen LogP contribution in [-0.2, 0) is 16.4 Å². The fourth-order valence-corrected chi connectivity index (χ4v) is 6.04. The van der Waals surface area contributed by atoms with Crippen LogP contribution in [0, 0.1) is 0 Å². The molecule has 0 atom stereocenters.